The Kier molecular flexibility index (Phi) is 3.96. The fraction of sp³-hybridized carbons (Fsp3) is 0.182. The Morgan fingerprint density at radius 2 is 2.33 bits per heavy atom. The molecular weight excluding hydrogens is 252 g/mol. The van der Waals surface area contributed by atoms with E-state index < -0.39 is 5.91 Å². The lowest BCUT2D eigenvalue weighted by atomic mass is 10.3. The molecule has 94 valence electrons. The number of oxazole rings is 1. The first kappa shape index (κ1) is 12.6. The lowest BCUT2D eigenvalue weighted by molar-refractivity contribution is 0.0948. The molecule has 0 atom stereocenters. The van der Waals surface area contributed by atoms with Gasteiger partial charge in [-0.05, 0) is 19.1 Å². The summed E-state index contributed by atoms with van der Waals surface area (Å²) in [6, 6.07) is 5.19. The maximum Gasteiger partial charge on any atom is 0.283 e. The zero-order valence-electron chi connectivity index (χ0n) is 9.71. The third kappa shape index (κ3) is 3.08. The number of nitrogen functional groups attached to an aromatic ring is 1. The molecule has 2 aromatic heterocycles. The highest BCUT2D eigenvalue weighted by Crippen LogP contribution is 2.20. The summed E-state index contributed by atoms with van der Waals surface area (Å²) in [7, 11) is 0. The van der Waals surface area contributed by atoms with Gasteiger partial charge in [0, 0.05) is 5.75 Å². The highest BCUT2D eigenvalue weighted by Gasteiger charge is 2.07. The van der Waals surface area contributed by atoms with Gasteiger partial charge in [-0.1, -0.05) is 17.8 Å². The number of nitrogens with two attached hydrogens (primary N) is 1. The molecule has 2 heterocycles. The van der Waals surface area contributed by atoms with Crippen molar-refractivity contribution in [1.82, 2.24) is 15.4 Å². The van der Waals surface area contributed by atoms with Crippen LogP contribution in [0.4, 0.5) is 0 Å². The van der Waals surface area contributed by atoms with Gasteiger partial charge >= 0.3 is 0 Å². The number of aromatic nitrogens is 2. The quantitative estimate of drug-likeness (QED) is 0.374. The summed E-state index contributed by atoms with van der Waals surface area (Å²) in [5, 5.41) is 0.586. The van der Waals surface area contributed by atoms with Gasteiger partial charge in [0.15, 0.2) is 0 Å². The van der Waals surface area contributed by atoms with E-state index in [1.807, 2.05) is 18.4 Å². The maximum absolute atomic E-state index is 11.3. The van der Waals surface area contributed by atoms with Crippen LogP contribution in [0, 0.1) is 6.92 Å². The van der Waals surface area contributed by atoms with Crippen molar-refractivity contribution in [1.29, 1.82) is 0 Å². The largest absolute Gasteiger partial charge is 0.440 e. The summed E-state index contributed by atoms with van der Waals surface area (Å²) >= 11 is 1.42. The van der Waals surface area contributed by atoms with Crippen LogP contribution in [-0.2, 0) is 5.75 Å². The number of pyridine rings is 1. The smallest absolute Gasteiger partial charge is 0.283 e. The van der Waals surface area contributed by atoms with E-state index in [0.29, 0.717) is 16.7 Å². The fourth-order valence-electron chi connectivity index (χ4n) is 1.29. The first-order valence-electron chi connectivity index (χ1n) is 5.21. The van der Waals surface area contributed by atoms with Crippen molar-refractivity contribution < 1.29 is 9.21 Å². The zero-order chi connectivity index (χ0) is 13.0. The second kappa shape index (κ2) is 5.65. The lowest BCUT2D eigenvalue weighted by Crippen LogP contribution is -2.30. The van der Waals surface area contributed by atoms with E-state index in [1.165, 1.54) is 11.8 Å². The summed E-state index contributed by atoms with van der Waals surface area (Å²) in [4.78, 5) is 19.7. The number of nitrogens with one attached hydrogen (secondary N) is 1. The monoisotopic (exact) mass is 264 g/mol. The Balaban J connectivity index is 2.03. The SMILES string of the molecule is Cc1coc(SCc2cccc(C(=O)NN)n2)n1. The molecule has 2 rings (SSSR count). The highest BCUT2D eigenvalue weighted by molar-refractivity contribution is 7.98. The van der Waals surface area contributed by atoms with E-state index in [0.717, 1.165) is 11.4 Å². The minimum absolute atomic E-state index is 0.291. The van der Waals surface area contributed by atoms with Crippen LogP contribution in [0.3, 0.4) is 0 Å². The minimum atomic E-state index is -0.409. The van der Waals surface area contributed by atoms with Crippen molar-refractivity contribution >= 4 is 17.7 Å². The molecule has 0 fully saturated rings. The lowest BCUT2D eigenvalue weighted by Gasteiger charge is -2.01. The molecular formula is C11H12N4O2S. The fourth-order valence-corrected chi connectivity index (χ4v) is 2.05. The number of thioether (sulfide) groups is 1. The van der Waals surface area contributed by atoms with E-state index in [4.69, 9.17) is 10.3 Å². The standard InChI is InChI=1S/C11H12N4O2S/c1-7-5-17-11(13-7)18-6-8-3-2-4-9(14-8)10(16)15-12/h2-5H,6,12H2,1H3,(H,15,16). The van der Waals surface area contributed by atoms with Gasteiger partial charge < -0.3 is 4.42 Å². The summed E-state index contributed by atoms with van der Waals surface area (Å²) in [6.45, 7) is 1.86. The normalized spacial score (nSPS) is 10.3. The molecule has 0 aliphatic heterocycles. The van der Waals surface area contributed by atoms with Gasteiger partial charge in [-0.3, -0.25) is 10.2 Å². The maximum atomic E-state index is 11.3. The Labute approximate surface area is 108 Å². The van der Waals surface area contributed by atoms with Gasteiger partial charge in [0.25, 0.3) is 11.1 Å². The van der Waals surface area contributed by atoms with E-state index in [1.54, 1.807) is 18.4 Å². The molecule has 1 amide bonds. The Morgan fingerprint density at radius 3 is 3.00 bits per heavy atom. The number of rotatable bonds is 4. The number of aryl methyl sites for hydroxylation is 1. The van der Waals surface area contributed by atoms with Crippen LogP contribution in [0.25, 0.3) is 0 Å². The molecule has 0 saturated heterocycles. The second-order valence-electron chi connectivity index (χ2n) is 3.53. The van der Waals surface area contributed by atoms with E-state index in [-0.39, 0.29) is 0 Å². The molecule has 0 unspecified atom stereocenters. The Morgan fingerprint density at radius 1 is 1.50 bits per heavy atom. The van der Waals surface area contributed by atoms with Gasteiger partial charge in [0.05, 0.1) is 11.4 Å². The van der Waals surface area contributed by atoms with Gasteiger partial charge in [-0.2, -0.15) is 0 Å². The van der Waals surface area contributed by atoms with Crippen molar-refractivity contribution in [2.24, 2.45) is 5.84 Å². The Hall–Kier alpha value is -1.86. The van der Waals surface area contributed by atoms with Gasteiger partial charge in [0.1, 0.15) is 12.0 Å². The Bertz CT molecular complexity index is 555. The first-order chi connectivity index (χ1) is 8.69. The van der Waals surface area contributed by atoms with Crippen molar-refractivity contribution in [3.05, 3.63) is 41.5 Å². The van der Waals surface area contributed by atoms with Crippen molar-refractivity contribution in [2.75, 3.05) is 0 Å². The van der Waals surface area contributed by atoms with Gasteiger partial charge in [-0.25, -0.2) is 15.8 Å². The van der Waals surface area contributed by atoms with E-state index in [2.05, 4.69) is 9.97 Å². The number of carbonyl (C=O) groups is 1. The van der Waals surface area contributed by atoms with E-state index >= 15 is 0 Å². The number of amides is 1. The summed E-state index contributed by atoms with van der Waals surface area (Å²) < 4.78 is 5.21. The predicted octanol–water partition coefficient (Wildman–Crippen LogP) is 1.27. The molecule has 3 N–H and O–H groups in total. The van der Waals surface area contributed by atoms with Crippen molar-refractivity contribution in [2.45, 2.75) is 17.9 Å². The topological polar surface area (TPSA) is 94.0 Å². The van der Waals surface area contributed by atoms with Crippen LogP contribution in [0.5, 0.6) is 0 Å². The molecule has 0 aromatic carbocycles. The van der Waals surface area contributed by atoms with Crippen molar-refractivity contribution in [3.8, 4) is 0 Å². The number of carbonyl (C=O) groups excluding carboxylic acids is 1. The van der Waals surface area contributed by atoms with Crippen molar-refractivity contribution in [3.63, 3.8) is 0 Å². The third-order valence-corrected chi connectivity index (χ3v) is 2.99. The van der Waals surface area contributed by atoms with Crippen LogP contribution in [0.1, 0.15) is 21.9 Å². The number of hydrogen-bond donors (Lipinski definition) is 2. The van der Waals surface area contributed by atoms with Gasteiger partial charge in [0.2, 0.25) is 0 Å². The first-order valence-corrected chi connectivity index (χ1v) is 6.19. The molecule has 0 spiro atoms. The minimum Gasteiger partial charge on any atom is -0.440 e. The number of hydrogen-bond acceptors (Lipinski definition) is 6. The van der Waals surface area contributed by atoms with Crippen LogP contribution >= 0.6 is 11.8 Å². The van der Waals surface area contributed by atoms with Crippen LogP contribution in [0.15, 0.2) is 34.1 Å². The molecule has 2 aromatic rings. The molecule has 0 bridgehead atoms. The molecule has 0 saturated carbocycles. The summed E-state index contributed by atoms with van der Waals surface area (Å²) in [5.74, 6) is 5.22. The molecule has 6 nitrogen and oxygen atoms in total. The summed E-state index contributed by atoms with van der Waals surface area (Å²) in [6.07, 6.45) is 1.59. The third-order valence-electron chi connectivity index (χ3n) is 2.11. The van der Waals surface area contributed by atoms with E-state index in [9.17, 15) is 4.79 Å². The molecule has 0 aliphatic carbocycles. The number of hydrazine groups is 1. The molecule has 0 radical (unpaired) electrons. The van der Waals surface area contributed by atoms with Crippen LogP contribution in [-0.4, -0.2) is 15.9 Å². The molecule has 0 aliphatic rings. The average Bonchev–Trinajstić information content (AvgIpc) is 2.81. The van der Waals surface area contributed by atoms with Crippen LogP contribution < -0.4 is 11.3 Å². The summed E-state index contributed by atoms with van der Waals surface area (Å²) in [5.41, 5.74) is 3.93. The van der Waals surface area contributed by atoms with Crippen LogP contribution in [0.2, 0.25) is 0 Å². The predicted molar refractivity (Wildman–Crippen MR) is 66.7 cm³/mol. The molecule has 18 heavy (non-hydrogen) atoms. The average molecular weight is 264 g/mol. The second-order valence-corrected chi connectivity index (χ2v) is 4.46. The van der Waals surface area contributed by atoms with Gasteiger partial charge in [-0.15, -0.1) is 0 Å². The zero-order valence-corrected chi connectivity index (χ0v) is 10.5. The number of nitrogens with zero attached hydrogens (tertiary/aromatic N) is 2. The highest BCUT2D eigenvalue weighted by atomic mass is 32.2. The molecule has 7 heteroatoms.